The molecule has 0 aliphatic rings. The van der Waals surface area contributed by atoms with Crippen LogP contribution in [0, 0.1) is 175 Å². The van der Waals surface area contributed by atoms with Crippen LogP contribution in [0.25, 0.3) is 0 Å². The normalized spacial score (nSPS) is 11.3. The molecule has 36 heteroatoms. The Morgan fingerprint density at radius 3 is 0.581 bits per heavy atom. The second-order valence-corrected chi connectivity index (χ2v) is 23.6. The molecule has 0 aliphatic heterocycles. The molecular weight excluding hydrogens is 1320 g/mol. The summed E-state index contributed by atoms with van der Waals surface area (Å²) in [6.45, 7) is 2.26. The predicted octanol–water partition coefficient (Wildman–Crippen LogP) is 14.4. The number of nitrogens with zero attached hydrogens (tertiary/aromatic N) is 1. The largest absolute Gasteiger partial charge is 0.413 e. The van der Waals surface area contributed by atoms with Gasteiger partial charge in [-0.05, 0) is 33.0 Å². The number of nitrogens with one attached hydrogen (secondary N) is 1. The van der Waals surface area contributed by atoms with Crippen LogP contribution >= 0.6 is 23.2 Å². The molecule has 6 aromatic carbocycles. The van der Waals surface area contributed by atoms with Gasteiger partial charge in [-0.2, -0.15) is 0 Å². The monoisotopic (exact) mass is 1350 g/mol. The summed E-state index contributed by atoms with van der Waals surface area (Å²) in [4.78, 5) is 7.15. The third-order valence-electron chi connectivity index (χ3n) is 12.4. The number of hydrogen-bond donors (Lipinski definition) is 1. The number of hydrogen-bond acceptors (Lipinski definition) is 1. The van der Waals surface area contributed by atoms with Crippen molar-refractivity contribution in [3.63, 3.8) is 0 Å². The van der Waals surface area contributed by atoms with Crippen LogP contribution in [0.15, 0.2) is 0 Å². The van der Waals surface area contributed by atoms with Gasteiger partial charge in [-0.1, -0.05) is 81.5 Å². The predicted molar refractivity (Wildman–Crippen MR) is 246 cm³/mol. The Bertz CT molecular complexity index is 3040. The van der Waals surface area contributed by atoms with Crippen LogP contribution in [0.5, 0.6) is 0 Å². The van der Waals surface area contributed by atoms with Gasteiger partial charge in [-0.15, -0.1) is 0 Å². The van der Waals surface area contributed by atoms with Gasteiger partial charge in [0.25, 0.3) is 0 Å². The summed E-state index contributed by atoms with van der Waals surface area (Å²) in [6, 6.07) is 0. The van der Waals surface area contributed by atoms with Crippen LogP contribution in [0.1, 0.15) is 70.5 Å². The molecule has 7 aromatic rings. The summed E-state index contributed by atoms with van der Waals surface area (Å²) < 4.78 is 403. The van der Waals surface area contributed by atoms with Crippen molar-refractivity contribution in [2.45, 2.75) is 71.1 Å². The number of aromatic nitrogens is 2. The van der Waals surface area contributed by atoms with E-state index in [4.69, 9.17) is 23.2 Å². The maximum Gasteiger partial charge on any atom is 0.413 e. The van der Waals surface area contributed by atoms with Crippen molar-refractivity contribution >= 4 is 78.1 Å². The number of aryl methyl sites for hydroxylation is 1. The van der Waals surface area contributed by atoms with Crippen LogP contribution in [-0.2, 0) is 6.42 Å². The highest BCUT2D eigenvalue weighted by molar-refractivity contribution is 6.96. The second-order valence-electron chi connectivity index (χ2n) is 17.6. The Morgan fingerprint density at radius 2 is 0.419 bits per heavy atom. The molecule has 464 valence electrons. The zero-order chi connectivity index (χ0) is 65.2. The van der Waals surface area contributed by atoms with Crippen molar-refractivity contribution in [3.05, 3.63) is 191 Å². The Kier molecular flexibility index (Phi) is 23.8. The molecule has 0 atom stereocenters. The van der Waals surface area contributed by atoms with E-state index in [-0.39, 0.29) is 0 Å². The zero-order valence-corrected chi connectivity index (χ0v) is 45.6. The van der Waals surface area contributed by atoms with Crippen LogP contribution in [-0.4, -0.2) is 38.3 Å². The molecule has 0 fully saturated rings. The Morgan fingerprint density at radius 1 is 0.256 bits per heavy atom. The maximum atomic E-state index is 14.4. The molecule has 0 radical (unpaired) electrons. The highest BCUT2D eigenvalue weighted by atomic mass is 35.5. The quantitative estimate of drug-likeness (QED) is 0.0337. The van der Waals surface area contributed by atoms with Crippen LogP contribution in [0.3, 0.4) is 0 Å². The molecule has 2 nitrogen and oxygen atoms in total. The lowest BCUT2D eigenvalue weighted by molar-refractivity contribution is 0.380. The molecule has 1 N–H and O–H groups in total. The van der Waals surface area contributed by atoms with Gasteiger partial charge in [0.05, 0.1) is 0 Å². The van der Waals surface area contributed by atoms with Crippen molar-refractivity contribution in [2.24, 2.45) is 0 Å². The summed E-state index contributed by atoms with van der Waals surface area (Å²) in [6.07, 6.45) is 13.0. The lowest BCUT2D eigenvalue weighted by Gasteiger charge is -2.20. The Balaban J connectivity index is 0.000000247. The van der Waals surface area contributed by atoms with E-state index in [9.17, 15) is 132 Å². The first kappa shape index (κ1) is 70.8. The van der Waals surface area contributed by atoms with E-state index in [1.54, 1.807) is 0 Å². The van der Waals surface area contributed by atoms with E-state index >= 15 is 0 Å². The highest BCUT2D eigenvalue weighted by Crippen LogP contribution is 2.27. The summed E-state index contributed by atoms with van der Waals surface area (Å²) in [7, 11) is 0. The van der Waals surface area contributed by atoms with Crippen molar-refractivity contribution in [1.29, 1.82) is 0 Å². The minimum Gasteiger partial charge on any atom is -0.332 e. The minimum absolute atomic E-state index is 0.391. The molecule has 86 heavy (non-hydrogen) atoms. The van der Waals surface area contributed by atoms with Crippen LogP contribution < -0.4 is 26.6 Å². The van der Waals surface area contributed by atoms with Gasteiger partial charge in [0, 0.05) is 6.42 Å². The van der Waals surface area contributed by atoms with Crippen molar-refractivity contribution in [3.8, 4) is 0 Å². The molecular formula is C50H24Al2Cl2F30N2. The Labute approximate surface area is 479 Å². The van der Waals surface area contributed by atoms with Gasteiger partial charge >= 0.3 is 28.3 Å². The van der Waals surface area contributed by atoms with Gasteiger partial charge in [-0.3, -0.25) is 0 Å². The topological polar surface area (TPSA) is 28.7 Å². The number of aromatic amines is 1. The maximum absolute atomic E-state index is 14.4. The fourth-order valence-corrected chi connectivity index (χ4v) is 14.8. The van der Waals surface area contributed by atoms with E-state index in [1.165, 1.54) is 51.4 Å². The fourth-order valence-electron chi connectivity index (χ4n) is 8.21. The van der Waals surface area contributed by atoms with Crippen molar-refractivity contribution < 1.29 is 132 Å². The lowest BCUT2D eigenvalue weighted by Crippen LogP contribution is -2.60. The van der Waals surface area contributed by atoms with Crippen molar-refractivity contribution in [1.82, 2.24) is 9.97 Å². The molecule has 0 saturated carbocycles. The summed E-state index contributed by atoms with van der Waals surface area (Å²) >= 11 is -0.350. The number of halogens is 32. The molecule has 0 aliphatic carbocycles. The SMILES string of the molecule is CCCCCCCCCCCc1nc(Cl)c(Cl)[nH]1.Fc1c(F)c(F)[c]([Al]([c]2c(F)c(F)c(F)c(F)c2F)[c]2c(F)c(F)c(F)c(F)c2F)c(F)c1F.Fc1c(F)c(F)[c]([Al]([c]2c(F)c(F)c(F)c(F)c2F)[c]2c(F)c(F)c(F)c(F)c2F)c(F)c1F. The minimum atomic E-state index is -5.96. The van der Waals surface area contributed by atoms with Gasteiger partial charge in [0.15, 0.2) is 180 Å². The first-order valence-corrected chi connectivity index (χ1v) is 27.8. The third-order valence-corrected chi connectivity index (χ3v) is 19.5. The van der Waals surface area contributed by atoms with E-state index in [1.807, 2.05) is 0 Å². The van der Waals surface area contributed by atoms with Gasteiger partial charge in [-0.25, -0.2) is 137 Å². The third kappa shape index (κ3) is 13.5. The smallest absolute Gasteiger partial charge is 0.332 e. The number of unbranched alkanes of at least 4 members (excludes halogenated alkanes) is 8. The summed E-state index contributed by atoms with van der Waals surface area (Å²) in [5, 5.41) is 0.852. The molecule has 1 aromatic heterocycles. The van der Waals surface area contributed by atoms with E-state index in [0.29, 0.717) is 10.3 Å². The average Bonchev–Trinajstić information content (AvgIpc) is 0.837. The van der Waals surface area contributed by atoms with Gasteiger partial charge in [0.1, 0.15) is 11.0 Å². The average molecular weight is 1350 g/mol. The molecule has 0 spiro atoms. The van der Waals surface area contributed by atoms with Crippen LogP contribution in [0.2, 0.25) is 10.3 Å². The first-order valence-electron chi connectivity index (χ1n) is 23.5. The van der Waals surface area contributed by atoms with E-state index in [0.717, 1.165) is 18.7 Å². The number of imidazole rings is 1. The van der Waals surface area contributed by atoms with Crippen molar-refractivity contribution in [2.75, 3.05) is 0 Å². The molecule has 0 saturated heterocycles. The molecule has 0 bridgehead atoms. The molecule has 0 unspecified atom stereocenters. The molecule has 0 amide bonds. The van der Waals surface area contributed by atoms with Crippen LogP contribution in [0.4, 0.5) is 132 Å². The Hall–Kier alpha value is -5.93. The van der Waals surface area contributed by atoms with E-state index < -0.39 is 229 Å². The highest BCUT2D eigenvalue weighted by Gasteiger charge is 2.49. The fraction of sp³-hybridized carbons (Fsp3) is 0.220. The lowest BCUT2D eigenvalue weighted by atomic mass is 10.1. The van der Waals surface area contributed by atoms with Gasteiger partial charge < -0.3 is 4.98 Å². The van der Waals surface area contributed by atoms with E-state index in [2.05, 4.69) is 16.9 Å². The summed E-state index contributed by atoms with van der Waals surface area (Å²) in [5.74, 6) is -88.2. The standard InChI is InChI=1S/C14H24Cl2N2.6C6F5.2Al/c1-2-3-4-5-6-7-8-9-10-11-12-17-13(15)14(16)18-12;6*7-2-1-3(8)5(10)6(11)4(2)9;;/h2-11H2,1H3,(H,17,18);;;;;;;;. The number of rotatable bonds is 16. The molecule has 1 heterocycles. The van der Waals surface area contributed by atoms with Gasteiger partial charge in [0.2, 0.25) is 0 Å². The molecule has 7 rings (SSSR count). The zero-order valence-electron chi connectivity index (χ0n) is 41.8. The first-order chi connectivity index (χ1) is 40.1. The summed E-state index contributed by atoms with van der Waals surface area (Å²) in [5.41, 5.74) is 0. The number of H-pyrrole nitrogens is 1. The number of benzene rings is 6. The second kappa shape index (κ2) is 28.9.